The number of amides is 3. The van der Waals surface area contributed by atoms with E-state index in [1.807, 2.05) is 12.1 Å². The molecule has 9 heterocycles. The van der Waals surface area contributed by atoms with E-state index in [2.05, 4.69) is 53.9 Å². The summed E-state index contributed by atoms with van der Waals surface area (Å²) < 4.78 is 43.2. The Balaban J connectivity index is 0.000000132. The molecule has 0 atom stereocenters. The van der Waals surface area contributed by atoms with Gasteiger partial charge in [-0.1, -0.05) is 19.2 Å². The summed E-state index contributed by atoms with van der Waals surface area (Å²) in [5.74, 6) is -7.84. The van der Waals surface area contributed by atoms with E-state index in [-0.39, 0.29) is 153 Å². The lowest BCUT2D eigenvalue weighted by Gasteiger charge is -2.35. The third kappa shape index (κ3) is 15.5. The Morgan fingerprint density at radius 2 is 0.758 bits per heavy atom. The number of furan rings is 4. The van der Waals surface area contributed by atoms with Crippen LogP contribution in [0.3, 0.4) is 0 Å². The van der Waals surface area contributed by atoms with Crippen LogP contribution < -0.4 is 39.8 Å². The summed E-state index contributed by atoms with van der Waals surface area (Å²) in [5.41, 5.74) is 2.16. The number of anilines is 4. The van der Waals surface area contributed by atoms with Crippen molar-refractivity contribution < 1.29 is 109 Å². The van der Waals surface area contributed by atoms with Gasteiger partial charge in [-0.15, -0.1) is 0 Å². The predicted octanol–water partition coefficient (Wildman–Crippen LogP) is 11.6. The van der Waals surface area contributed by atoms with Gasteiger partial charge in [-0.3, -0.25) is 72.7 Å². The SMILES string of the molecule is C=CC(=O)Nc1ccc(OC(=O)c2c(C)oc3c2C(=O)c2ncccc2C3=O)cc1.C=CC(=O)Nc1cccc(OC(=O)c2c(C)oc3c2C(=O)c2ncccc2C3=O)c1.CC(=O)N1CCN(c2ccc(OC(=O)c3c(C)oc4c3C(=O)c3ncccc3C4=O)cc2)CC1.CNc1ccc(OC(=O)c2coc3c2C(=O)c2ncccc2C3=O)cc1. The van der Waals surface area contributed by atoms with E-state index in [1.54, 1.807) is 85.6 Å². The Bertz CT molecular complexity index is 6410. The Morgan fingerprint density at radius 1 is 0.400 bits per heavy atom. The van der Waals surface area contributed by atoms with Gasteiger partial charge in [0.25, 0.3) is 0 Å². The summed E-state index contributed by atoms with van der Waals surface area (Å²) in [4.78, 5) is 207. The normalized spacial score (nSPS) is 13.0. The maximum absolute atomic E-state index is 13.0. The first-order valence-corrected chi connectivity index (χ1v) is 36.3. The molecule has 5 aliphatic rings. The number of ether oxygens (including phenoxy) is 4. The molecule has 1 saturated heterocycles. The van der Waals surface area contributed by atoms with Gasteiger partial charge < -0.3 is 62.4 Å². The number of aryl methyl sites for hydroxylation is 3. The highest BCUT2D eigenvalue weighted by Crippen LogP contribution is 2.39. The minimum Gasteiger partial charge on any atom is -0.459 e. The van der Waals surface area contributed by atoms with Crippen LogP contribution in [0.25, 0.3) is 0 Å². The lowest BCUT2D eigenvalue weighted by Crippen LogP contribution is -2.48. The lowest BCUT2D eigenvalue weighted by atomic mass is 9.90. The van der Waals surface area contributed by atoms with Crippen LogP contribution in [0, 0.1) is 20.8 Å². The zero-order valence-corrected chi connectivity index (χ0v) is 63.7. The molecule has 4 aliphatic carbocycles. The molecule has 0 bridgehead atoms. The van der Waals surface area contributed by atoms with Crippen LogP contribution in [-0.2, 0) is 14.4 Å². The molecule has 8 aromatic heterocycles. The van der Waals surface area contributed by atoms with Crippen molar-refractivity contribution in [3.8, 4) is 23.0 Å². The predicted molar refractivity (Wildman–Crippen MR) is 421 cm³/mol. The second kappa shape index (κ2) is 33.4. The largest absolute Gasteiger partial charge is 0.459 e. The molecule has 17 rings (SSSR count). The number of fused-ring (bicyclic) bond motifs is 8. The highest BCUT2D eigenvalue weighted by Gasteiger charge is 2.44. The van der Waals surface area contributed by atoms with Gasteiger partial charge in [-0.25, -0.2) is 19.2 Å². The van der Waals surface area contributed by atoms with E-state index in [0.29, 0.717) is 49.1 Å². The molecular weight excluding hydrogens is 1550 g/mol. The van der Waals surface area contributed by atoms with Crippen molar-refractivity contribution in [2.45, 2.75) is 27.7 Å². The van der Waals surface area contributed by atoms with Crippen molar-refractivity contribution >= 4 is 111 Å². The average Bonchev–Trinajstić information content (AvgIpc) is 1.59. The molecule has 596 valence electrons. The third-order valence-electron chi connectivity index (χ3n) is 19.2. The van der Waals surface area contributed by atoms with Gasteiger partial charge in [0.2, 0.25) is 64.0 Å². The van der Waals surface area contributed by atoms with E-state index in [4.69, 9.17) is 36.6 Å². The fourth-order valence-corrected chi connectivity index (χ4v) is 13.4. The number of aromatic nitrogens is 4. The van der Waals surface area contributed by atoms with Gasteiger partial charge in [0.15, 0.2) is 23.0 Å². The zero-order valence-electron chi connectivity index (χ0n) is 63.7. The van der Waals surface area contributed by atoms with E-state index >= 15 is 0 Å². The van der Waals surface area contributed by atoms with Crippen LogP contribution >= 0.6 is 0 Å². The van der Waals surface area contributed by atoms with Gasteiger partial charge in [0, 0.05) is 93.8 Å². The number of nitrogens with zero attached hydrogens (tertiary/aromatic N) is 6. The molecular formula is C88H61N9O23. The van der Waals surface area contributed by atoms with Crippen LogP contribution in [0.4, 0.5) is 22.7 Å². The maximum atomic E-state index is 13.0. The number of carbonyl (C=O) groups is 15. The molecule has 12 aromatic rings. The van der Waals surface area contributed by atoms with E-state index < -0.39 is 76.1 Å². The fraction of sp³-hybridized carbons (Fsp3) is 0.102. The van der Waals surface area contributed by atoms with Crippen LogP contribution in [0.1, 0.15) is 194 Å². The Morgan fingerprint density at radius 3 is 1.15 bits per heavy atom. The number of rotatable bonds is 14. The number of nitrogens with one attached hydrogen (secondary N) is 3. The zero-order chi connectivity index (χ0) is 85.1. The smallest absolute Gasteiger partial charge is 0.347 e. The molecule has 3 amide bonds. The topological polar surface area (TPSA) is 440 Å². The monoisotopic (exact) mass is 1610 g/mol. The number of hydrogen-bond donors (Lipinski definition) is 3. The average molecular weight is 1610 g/mol. The minimum atomic E-state index is -0.870. The number of esters is 4. The van der Waals surface area contributed by atoms with E-state index in [1.165, 1.54) is 112 Å². The van der Waals surface area contributed by atoms with Gasteiger partial charge in [0.1, 0.15) is 91.6 Å². The highest BCUT2D eigenvalue weighted by molar-refractivity contribution is 6.32. The first kappa shape index (κ1) is 80.0. The van der Waals surface area contributed by atoms with Crippen LogP contribution in [-0.4, -0.2) is 146 Å². The quantitative estimate of drug-likeness (QED) is 0.0517. The molecule has 0 unspecified atom stereocenters. The summed E-state index contributed by atoms with van der Waals surface area (Å²) in [6, 6.07) is 38.0. The highest BCUT2D eigenvalue weighted by atomic mass is 16.6. The first-order chi connectivity index (χ1) is 57.7. The van der Waals surface area contributed by atoms with Gasteiger partial charge in [-0.2, -0.15) is 0 Å². The Kier molecular flexibility index (Phi) is 22.3. The first-order valence-electron chi connectivity index (χ1n) is 36.3. The third-order valence-corrected chi connectivity index (χ3v) is 19.2. The molecule has 1 aliphatic heterocycles. The summed E-state index contributed by atoms with van der Waals surface area (Å²) in [5, 5.41) is 8.07. The number of benzene rings is 4. The van der Waals surface area contributed by atoms with Crippen molar-refractivity contribution in [1.29, 1.82) is 0 Å². The van der Waals surface area contributed by atoms with Crippen molar-refractivity contribution in [3.63, 3.8) is 0 Å². The number of hydrogen-bond acceptors (Lipinski definition) is 29. The molecule has 120 heavy (non-hydrogen) atoms. The molecule has 0 radical (unpaired) electrons. The van der Waals surface area contributed by atoms with Crippen LogP contribution in [0.5, 0.6) is 23.0 Å². The van der Waals surface area contributed by atoms with Crippen LogP contribution in [0.2, 0.25) is 0 Å². The Labute approximate surface area is 677 Å². The van der Waals surface area contributed by atoms with Crippen molar-refractivity contribution in [3.05, 3.63) is 332 Å². The lowest BCUT2D eigenvalue weighted by molar-refractivity contribution is -0.129. The van der Waals surface area contributed by atoms with Gasteiger partial charge in [0.05, 0.1) is 44.5 Å². The maximum Gasteiger partial charge on any atom is 0.347 e. The molecule has 0 spiro atoms. The summed E-state index contributed by atoms with van der Waals surface area (Å²) >= 11 is 0. The Hall–Kier alpha value is -16.7. The van der Waals surface area contributed by atoms with E-state index in [0.717, 1.165) is 29.8 Å². The standard InChI is InChI=1S/C25H21N3O6.2C22H14N2O6.C19H12N2O5/c1-14-19(20-23(31)21-18(4-3-9-26-21)22(30)24(20)33-14)25(32)34-17-7-5-16(6-8-17)28-12-10-27(11-13-28)15(2)29;1-3-15(25)24-12-6-4-7-13(10-12)30-22(28)16-11(2)29-21-17(16)20(27)18-14(19(21)26)8-5-9-23-18;1-3-15(25)24-12-6-8-13(9-7-12)30-22(28)16-11(2)29-21-17(16)20(27)18-14(19(21)26)5-4-10-23-18;1-20-10-4-6-11(7-5-10)26-19(24)13-9-25-18-14(13)17(23)15-12(16(18)22)3-2-8-21-15/h3-9H,10-13H2,1-2H3;2*3-10H,1H2,2H3,(H,24,25);2-9,20H,1H3. The van der Waals surface area contributed by atoms with E-state index in [9.17, 15) is 71.9 Å². The summed E-state index contributed by atoms with van der Waals surface area (Å²) in [7, 11) is 1.77. The van der Waals surface area contributed by atoms with Crippen LogP contribution in [0.15, 0.2) is 220 Å². The summed E-state index contributed by atoms with van der Waals surface area (Å²) in [6.07, 6.45) is 8.92. The molecule has 3 N–H and O–H groups in total. The van der Waals surface area contributed by atoms with Gasteiger partial charge >= 0.3 is 23.9 Å². The van der Waals surface area contributed by atoms with Crippen molar-refractivity contribution in [2.75, 3.05) is 54.1 Å². The summed E-state index contributed by atoms with van der Waals surface area (Å²) in [6.45, 7) is 15.5. The second-order valence-corrected chi connectivity index (χ2v) is 26.6. The molecule has 32 nitrogen and oxygen atoms in total. The van der Waals surface area contributed by atoms with Gasteiger partial charge in [-0.05, 0) is 166 Å². The fourth-order valence-electron chi connectivity index (χ4n) is 13.4. The second-order valence-electron chi connectivity index (χ2n) is 26.6. The molecule has 32 heteroatoms. The molecule has 4 aromatic carbocycles. The number of pyridine rings is 4. The number of piperazine rings is 1. The molecule has 1 fully saturated rings. The molecule has 0 saturated carbocycles. The number of ketones is 8. The van der Waals surface area contributed by atoms with Crippen molar-refractivity contribution in [2.24, 2.45) is 0 Å². The number of carbonyl (C=O) groups excluding carboxylic acids is 15. The van der Waals surface area contributed by atoms with Crippen molar-refractivity contribution in [1.82, 2.24) is 24.8 Å². The minimum absolute atomic E-state index is 0.00109.